The summed E-state index contributed by atoms with van der Waals surface area (Å²) in [7, 11) is -2.36. The average molecular weight is 326 g/mol. The molecular formula is C15H29F2O3P. The highest BCUT2D eigenvalue weighted by Gasteiger charge is 2.47. The SMILES string of the molecule is CC.CC.COP(=O)(OC)C(C)(F)F.Cc1ccccc1. The molecule has 0 spiro atoms. The van der Waals surface area contributed by atoms with Gasteiger partial charge in [-0.3, -0.25) is 4.57 Å². The van der Waals surface area contributed by atoms with Crippen LogP contribution >= 0.6 is 7.60 Å². The van der Waals surface area contributed by atoms with Crippen molar-refractivity contribution in [1.29, 1.82) is 0 Å². The summed E-state index contributed by atoms with van der Waals surface area (Å²) in [4.78, 5) is 0. The van der Waals surface area contributed by atoms with Gasteiger partial charge < -0.3 is 9.05 Å². The van der Waals surface area contributed by atoms with E-state index in [-0.39, 0.29) is 0 Å². The molecule has 0 N–H and O–H groups in total. The van der Waals surface area contributed by atoms with Gasteiger partial charge in [-0.1, -0.05) is 63.6 Å². The molecule has 0 heterocycles. The highest BCUT2D eigenvalue weighted by molar-refractivity contribution is 7.55. The van der Waals surface area contributed by atoms with E-state index in [1.807, 2.05) is 45.9 Å². The van der Waals surface area contributed by atoms with Crippen molar-refractivity contribution in [3.05, 3.63) is 35.9 Å². The first-order chi connectivity index (χ1) is 9.77. The Morgan fingerprint density at radius 1 is 0.952 bits per heavy atom. The molecule has 0 aliphatic heterocycles. The summed E-state index contributed by atoms with van der Waals surface area (Å²) in [5.74, 6) is 0. The van der Waals surface area contributed by atoms with Gasteiger partial charge in [-0.2, -0.15) is 8.78 Å². The van der Waals surface area contributed by atoms with Gasteiger partial charge in [-0.25, -0.2) is 0 Å². The molecule has 0 aromatic heterocycles. The van der Waals surface area contributed by atoms with Gasteiger partial charge in [-0.15, -0.1) is 0 Å². The Hall–Kier alpha value is -0.770. The fourth-order valence-corrected chi connectivity index (χ4v) is 1.72. The molecule has 0 radical (unpaired) electrons. The number of benzene rings is 1. The van der Waals surface area contributed by atoms with E-state index in [4.69, 9.17) is 0 Å². The number of aryl methyl sites for hydroxylation is 1. The number of rotatable bonds is 3. The third-order valence-corrected chi connectivity index (χ3v) is 3.83. The van der Waals surface area contributed by atoms with Crippen molar-refractivity contribution in [2.75, 3.05) is 14.2 Å². The van der Waals surface area contributed by atoms with Crippen LogP contribution in [0.4, 0.5) is 8.78 Å². The normalized spacial score (nSPS) is 10.0. The zero-order chi connectivity index (χ0) is 17.5. The summed E-state index contributed by atoms with van der Waals surface area (Å²) >= 11 is 0. The van der Waals surface area contributed by atoms with Crippen molar-refractivity contribution in [3.8, 4) is 0 Å². The van der Waals surface area contributed by atoms with Crippen LogP contribution in [0.25, 0.3) is 0 Å². The molecule has 0 aliphatic rings. The molecule has 0 fully saturated rings. The minimum Gasteiger partial charge on any atom is -0.308 e. The van der Waals surface area contributed by atoms with Gasteiger partial charge in [0, 0.05) is 21.1 Å². The van der Waals surface area contributed by atoms with Crippen molar-refractivity contribution < 1.29 is 22.4 Å². The van der Waals surface area contributed by atoms with Crippen LogP contribution < -0.4 is 0 Å². The first-order valence-corrected chi connectivity index (χ1v) is 8.42. The molecule has 1 aromatic rings. The van der Waals surface area contributed by atoms with E-state index in [9.17, 15) is 13.3 Å². The molecule has 0 atom stereocenters. The minimum absolute atomic E-state index is 0.487. The molecule has 0 aliphatic carbocycles. The zero-order valence-corrected chi connectivity index (χ0v) is 15.2. The van der Waals surface area contributed by atoms with Gasteiger partial charge >= 0.3 is 13.3 Å². The molecule has 1 aromatic carbocycles. The van der Waals surface area contributed by atoms with Crippen LogP contribution in [0.3, 0.4) is 0 Å². The van der Waals surface area contributed by atoms with Crippen molar-refractivity contribution in [2.45, 2.75) is 47.2 Å². The van der Waals surface area contributed by atoms with Crippen LogP contribution in [0.5, 0.6) is 0 Å². The molecule has 0 amide bonds. The van der Waals surface area contributed by atoms with Crippen molar-refractivity contribution in [1.82, 2.24) is 0 Å². The number of halogens is 2. The zero-order valence-electron chi connectivity index (χ0n) is 14.3. The van der Waals surface area contributed by atoms with Crippen molar-refractivity contribution in [3.63, 3.8) is 0 Å². The third-order valence-electron chi connectivity index (χ3n) is 1.90. The fourth-order valence-electron chi connectivity index (χ4n) is 0.930. The molecule has 1 rings (SSSR count). The summed E-state index contributed by atoms with van der Waals surface area (Å²) in [6.07, 6.45) is 0. The maximum Gasteiger partial charge on any atom is 0.398 e. The highest BCUT2D eigenvalue weighted by Crippen LogP contribution is 2.60. The number of hydrogen-bond acceptors (Lipinski definition) is 3. The lowest BCUT2D eigenvalue weighted by molar-refractivity contribution is 0.0661. The van der Waals surface area contributed by atoms with Gasteiger partial charge in [0.15, 0.2) is 0 Å². The second-order valence-electron chi connectivity index (χ2n) is 3.36. The first kappa shape index (κ1) is 25.2. The van der Waals surface area contributed by atoms with Gasteiger partial charge in [0.05, 0.1) is 0 Å². The largest absolute Gasteiger partial charge is 0.398 e. The molecular weight excluding hydrogens is 297 g/mol. The van der Waals surface area contributed by atoms with E-state index < -0.39 is 13.3 Å². The van der Waals surface area contributed by atoms with Crippen LogP contribution in [-0.4, -0.2) is 19.9 Å². The summed E-state index contributed by atoms with van der Waals surface area (Å²) < 4.78 is 43.4. The first-order valence-electron chi connectivity index (χ1n) is 6.88. The number of hydrogen-bond donors (Lipinski definition) is 0. The van der Waals surface area contributed by atoms with E-state index in [1.54, 1.807) is 0 Å². The Kier molecular flexibility index (Phi) is 17.0. The summed E-state index contributed by atoms with van der Waals surface area (Å²) in [6, 6.07) is 10.3. The molecule has 0 saturated heterocycles. The van der Waals surface area contributed by atoms with E-state index >= 15 is 0 Å². The van der Waals surface area contributed by atoms with E-state index in [0.29, 0.717) is 6.92 Å². The van der Waals surface area contributed by atoms with Crippen LogP contribution in [0.1, 0.15) is 40.2 Å². The lowest BCUT2D eigenvalue weighted by Crippen LogP contribution is -2.13. The highest BCUT2D eigenvalue weighted by atomic mass is 31.2. The summed E-state index contributed by atoms with van der Waals surface area (Å²) in [6.45, 7) is 10.6. The Morgan fingerprint density at radius 3 is 1.38 bits per heavy atom. The lowest BCUT2D eigenvalue weighted by Gasteiger charge is -2.19. The Balaban J connectivity index is -0.000000256. The molecule has 0 saturated carbocycles. The maximum absolute atomic E-state index is 12.3. The Bertz CT molecular complexity index is 357. The van der Waals surface area contributed by atoms with E-state index in [0.717, 1.165) is 14.2 Å². The standard InChI is InChI=1S/C7H8.C4H9F2O3P.2C2H6/c1-7-5-3-2-4-6-7;1-4(5,6)10(7,8-2)9-3;2*1-2/h2-6H,1H3;1-3H3;2*1-2H3. The lowest BCUT2D eigenvalue weighted by atomic mass is 10.2. The monoisotopic (exact) mass is 326 g/mol. The number of alkyl halides is 2. The van der Waals surface area contributed by atoms with E-state index in [2.05, 4.69) is 28.1 Å². The van der Waals surface area contributed by atoms with Crippen LogP contribution in [-0.2, 0) is 13.6 Å². The second-order valence-corrected chi connectivity index (χ2v) is 5.87. The second kappa shape index (κ2) is 14.2. The summed E-state index contributed by atoms with van der Waals surface area (Å²) in [5.41, 5.74) is -2.11. The molecule has 0 unspecified atom stereocenters. The Labute approximate surface area is 128 Å². The Morgan fingerprint density at radius 2 is 1.29 bits per heavy atom. The van der Waals surface area contributed by atoms with Gasteiger partial charge in [0.1, 0.15) is 0 Å². The van der Waals surface area contributed by atoms with Gasteiger partial charge in [0.2, 0.25) is 0 Å². The predicted octanol–water partition coefficient (Wildman–Crippen LogP) is 6.13. The fraction of sp³-hybridized carbons (Fsp3) is 0.600. The van der Waals surface area contributed by atoms with E-state index in [1.165, 1.54) is 5.56 Å². The third kappa shape index (κ3) is 11.6. The average Bonchev–Trinajstić information content (AvgIpc) is 2.50. The van der Waals surface area contributed by atoms with Crippen LogP contribution in [0, 0.1) is 6.92 Å². The topological polar surface area (TPSA) is 35.5 Å². The van der Waals surface area contributed by atoms with Crippen LogP contribution in [0.15, 0.2) is 30.3 Å². The quantitative estimate of drug-likeness (QED) is 0.627. The maximum atomic E-state index is 12.3. The van der Waals surface area contributed by atoms with Gasteiger partial charge in [0.25, 0.3) is 0 Å². The molecule has 0 bridgehead atoms. The van der Waals surface area contributed by atoms with Crippen molar-refractivity contribution in [2.24, 2.45) is 0 Å². The molecule has 21 heavy (non-hydrogen) atoms. The molecule has 6 heteroatoms. The van der Waals surface area contributed by atoms with Crippen LogP contribution in [0.2, 0.25) is 0 Å². The smallest absolute Gasteiger partial charge is 0.308 e. The van der Waals surface area contributed by atoms with Gasteiger partial charge in [-0.05, 0) is 6.92 Å². The molecule has 126 valence electrons. The minimum atomic E-state index is -4.20. The van der Waals surface area contributed by atoms with Crippen molar-refractivity contribution >= 4 is 7.60 Å². The predicted molar refractivity (Wildman–Crippen MR) is 86.1 cm³/mol. The molecule has 3 nitrogen and oxygen atoms in total. The summed E-state index contributed by atoms with van der Waals surface area (Å²) in [5, 5.41) is 0.